The zero-order valence-electron chi connectivity index (χ0n) is 11.9. The Kier molecular flexibility index (Phi) is 6.09. The first-order chi connectivity index (χ1) is 8.43. The Labute approximate surface area is 110 Å². The van der Waals surface area contributed by atoms with E-state index in [9.17, 15) is 9.90 Å². The van der Waals surface area contributed by atoms with Gasteiger partial charge in [0.2, 0.25) is 0 Å². The molecule has 0 aromatic carbocycles. The SMILES string of the molecule is CCOC(=O)CC(O)CNC1CCC(C)(C)CC1. The number of aliphatic hydroxyl groups is 1. The molecule has 0 spiro atoms. The van der Waals surface area contributed by atoms with E-state index in [2.05, 4.69) is 19.2 Å². The fourth-order valence-electron chi connectivity index (χ4n) is 2.39. The van der Waals surface area contributed by atoms with Crippen molar-refractivity contribution >= 4 is 5.97 Å². The highest BCUT2D eigenvalue weighted by molar-refractivity contribution is 5.69. The van der Waals surface area contributed by atoms with Gasteiger partial charge in [0.15, 0.2) is 0 Å². The molecule has 106 valence electrons. The molecule has 1 saturated carbocycles. The second-order valence-corrected chi connectivity index (χ2v) is 6.01. The maximum absolute atomic E-state index is 11.2. The van der Waals surface area contributed by atoms with Crippen molar-refractivity contribution in [2.75, 3.05) is 13.2 Å². The topological polar surface area (TPSA) is 58.6 Å². The van der Waals surface area contributed by atoms with Gasteiger partial charge in [-0.2, -0.15) is 0 Å². The Morgan fingerprint density at radius 1 is 1.44 bits per heavy atom. The first-order valence-corrected chi connectivity index (χ1v) is 7.00. The third-order valence-electron chi connectivity index (χ3n) is 3.69. The van der Waals surface area contributed by atoms with Crippen LogP contribution < -0.4 is 5.32 Å². The largest absolute Gasteiger partial charge is 0.466 e. The minimum atomic E-state index is -0.640. The number of nitrogens with one attached hydrogen (secondary N) is 1. The molecule has 1 atom stereocenters. The molecule has 0 heterocycles. The summed E-state index contributed by atoms with van der Waals surface area (Å²) in [5.41, 5.74) is 0.460. The van der Waals surface area contributed by atoms with Crippen molar-refractivity contribution in [2.24, 2.45) is 5.41 Å². The monoisotopic (exact) mass is 257 g/mol. The lowest BCUT2D eigenvalue weighted by Crippen LogP contribution is -2.40. The predicted octanol–water partition coefficient (Wildman–Crippen LogP) is 1.86. The molecule has 0 aromatic heterocycles. The number of hydrogen-bond donors (Lipinski definition) is 2. The lowest BCUT2D eigenvalue weighted by atomic mass is 9.75. The highest BCUT2D eigenvalue weighted by Gasteiger charge is 2.26. The lowest BCUT2D eigenvalue weighted by Gasteiger charge is -2.35. The summed E-state index contributed by atoms with van der Waals surface area (Å²) in [6, 6.07) is 0.481. The van der Waals surface area contributed by atoms with Gasteiger partial charge in [0.1, 0.15) is 0 Å². The van der Waals surface area contributed by atoms with Gasteiger partial charge in [0.05, 0.1) is 19.1 Å². The van der Waals surface area contributed by atoms with Crippen molar-refractivity contribution in [3.63, 3.8) is 0 Å². The van der Waals surface area contributed by atoms with Crippen LogP contribution >= 0.6 is 0 Å². The Morgan fingerprint density at radius 3 is 2.61 bits per heavy atom. The first kappa shape index (κ1) is 15.4. The summed E-state index contributed by atoms with van der Waals surface area (Å²) >= 11 is 0. The van der Waals surface area contributed by atoms with E-state index in [1.807, 2.05) is 0 Å². The van der Waals surface area contributed by atoms with Crippen molar-refractivity contribution < 1.29 is 14.6 Å². The quantitative estimate of drug-likeness (QED) is 0.713. The van der Waals surface area contributed by atoms with Gasteiger partial charge >= 0.3 is 5.97 Å². The zero-order valence-corrected chi connectivity index (χ0v) is 11.9. The number of ether oxygens (including phenoxy) is 1. The van der Waals surface area contributed by atoms with Gasteiger partial charge in [0.25, 0.3) is 0 Å². The predicted molar refractivity (Wildman–Crippen MR) is 71.3 cm³/mol. The molecule has 0 bridgehead atoms. The van der Waals surface area contributed by atoms with E-state index in [0.717, 1.165) is 12.8 Å². The molecule has 1 fully saturated rings. The van der Waals surface area contributed by atoms with Gasteiger partial charge in [0, 0.05) is 12.6 Å². The fraction of sp³-hybridized carbons (Fsp3) is 0.929. The second-order valence-electron chi connectivity index (χ2n) is 6.01. The van der Waals surface area contributed by atoms with Crippen molar-refractivity contribution in [1.29, 1.82) is 0 Å². The third kappa shape index (κ3) is 5.83. The van der Waals surface area contributed by atoms with E-state index in [1.165, 1.54) is 12.8 Å². The van der Waals surface area contributed by atoms with E-state index in [0.29, 0.717) is 24.6 Å². The number of carbonyl (C=O) groups excluding carboxylic acids is 1. The van der Waals surface area contributed by atoms with Gasteiger partial charge < -0.3 is 15.2 Å². The second kappa shape index (κ2) is 7.10. The fourth-order valence-corrected chi connectivity index (χ4v) is 2.39. The Morgan fingerprint density at radius 2 is 2.06 bits per heavy atom. The molecule has 1 aliphatic carbocycles. The number of aliphatic hydroxyl groups excluding tert-OH is 1. The summed E-state index contributed by atoms with van der Waals surface area (Å²) in [4.78, 5) is 11.2. The van der Waals surface area contributed by atoms with Crippen LogP contribution in [0.1, 0.15) is 52.9 Å². The summed E-state index contributed by atoms with van der Waals surface area (Å²) < 4.78 is 4.80. The van der Waals surface area contributed by atoms with Crippen molar-refractivity contribution in [1.82, 2.24) is 5.32 Å². The molecular formula is C14H27NO3. The van der Waals surface area contributed by atoms with E-state index >= 15 is 0 Å². The van der Waals surface area contributed by atoms with Gasteiger partial charge in [-0.15, -0.1) is 0 Å². The Bertz CT molecular complexity index is 256. The summed E-state index contributed by atoms with van der Waals surface area (Å²) in [6.45, 7) is 7.23. The maximum atomic E-state index is 11.2. The molecule has 1 rings (SSSR count). The Balaban J connectivity index is 2.15. The number of rotatable bonds is 6. The number of carbonyl (C=O) groups is 1. The van der Waals surface area contributed by atoms with E-state index < -0.39 is 6.10 Å². The van der Waals surface area contributed by atoms with Crippen molar-refractivity contribution in [3.8, 4) is 0 Å². The van der Waals surface area contributed by atoms with Crippen molar-refractivity contribution in [3.05, 3.63) is 0 Å². The molecule has 0 aliphatic heterocycles. The molecule has 1 unspecified atom stereocenters. The van der Waals surface area contributed by atoms with Gasteiger partial charge in [-0.3, -0.25) is 4.79 Å². The molecule has 0 saturated heterocycles. The van der Waals surface area contributed by atoms with Crippen LogP contribution in [0.15, 0.2) is 0 Å². The summed E-state index contributed by atoms with van der Waals surface area (Å²) in [5.74, 6) is -0.323. The van der Waals surface area contributed by atoms with Crippen LogP contribution in [0, 0.1) is 5.41 Å². The van der Waals surface area contributed by atoms with Crippen LogP contribution in [0.3, 0.4) is 0 Å². The van der Waals surface area contributed by atoms with Crippen LogP contribution in [0.2, 0.25) is 0 Å². The van der Waals surface area contributed by atoms with E-state index in [1.54, 1.807) is 6.92 Å². The minimum absolute atomic E-state index is 0.0824. The average molecular weight is 257 g/mol. The molecule has 0 radical (unpaired) electrons. The molecule has 4 heteroatoms. The van der Waals surface area contributed by atoms with Gasteiger partial charge in [-0.1, -0.05) is 13.8 Å². The normalized spacial score (nSPS) is 21.6. The van der Waals surface area contributed by atoms with Gasteiger partial charge in [-0.25, -0.2) is 0 Å². The van der Waals surface area contributed by atoms with E-state index in [4.69, 9.17) is 4.74 Å². The highest BCUT2D eigenvalue weighted by atomic mass is 16.5. The standard InChI is InChI=1S/C14H27NO3/c1-4-18-13(17)9-12(16)10-15-11-5-7-14(2,3)8-6-11/h11-12,15-16H,4-10H2,1-3H3. The number of esters is 1. The minimum Gasteiger partial charge on any atom is -0.466 e. The average Bonchev–Trinajstić information content (AvgIpc) is 2.28. The molecule has 4 nitrogen and oxygen atoms in total. The lowest BCUT2D eigenvalue weighted by molar-refractivity contribution is -0.145. The van der Waals surface area contributed by atoms with Crippen LogP contribution in [-0.4, -0.2) is 36.4 Å². The molecular weight excluding hydrogens is 230 g/mol. The zero-order chi connectivity index (χ0) is 13.6. The van der Waals surface area contributed by atoms with Crippen LogP contribution in [0.5, 0.6) is 0 Å². The van der Waals surface area contributed by atoms with E-state index in [-0.39, 0.29) is 12.4 Å². The molecule has 1 aliphatic rings. The molecule has 0 amide bonds. The Hall–Kier alpha value is -0.610. The summed E-state index contributed by atoms with van der Waals surface area (Å²) in [5, 5.41) is 13.1. The first-order valence-electron chi connectivity index (χ1n) is 7.00. The smallest absolute Gasteiger partial charge is 0.308 e. The summed E-state index contributed by atoms with van der Waals surface area (Å²) in [7, 11) is 0. The molecule has 2 N–H and O–H groups in total. The van der Waals surface area contributed by atoms with Crippen LogP contribution in [0.4, 0.5) is 0 Å². The van der Waals surface area contributed by atoms with Crippen LogP contribution in [-0.2, 0) is 9.53 Å². The third-order valence-corrected chi connectivity index (χ3v) is 3.69. The molecule has 0 aromatic rings. The van der Waals surface area contributed by atoms with Crippen molar-refractivity contribution in [2.45, 2.75) is 65.0 Å². The maximum Gasteiger partial charge on any atom is 0.308 e. The molecule has 18 heavy (non-hydrogen) atoms. The highest BCUT2D eigenvalue weighted by Crippen LogP contribution is 2.34. The van der Waals surface area contributed by atoms with Crippen LogP contribution in [0.25, 0.3) is 0 Å². The summed E-state index contributed by atoms with van der Waals surface area (Å²) in [6.07, 6.45) is 4.19. The number of hydrogen-bond acceptors (Lipinski definition) is 4. The van der Waals surface area contributed by atoms with Gasteiger partial charge in [-0.05, 0) is 38.0 Å².